The van der Waals surface area contributed by atoms with Crippen LogP contribution < -0.4 is 5.32 Å². The van der Waals surface area contributed by atoms with Gasteiger partial charge in [-0.2, -0.15) is 13.2 Å². The Morgan fingerprint density at radius 1 is 1.29 bits per heavy atom. The lowest BCUT2D eigenvalue weighted by Gasteiger charge is -2.14. The molecule has 21 heavy (non-hydrogen) atoms. The molecule has 0 spiro atoms. The van der Waals surface area contributed by atoms with E-state index in [1.54, 1.807) is 11.4 Å². The van der Waals surface area contributed by atoms with Gasteiger partial charge in [-0.1, -0.05) is 18.2 Å². The fourth-order valence-electron chi connectivity index (χ4n) is 1.63. The van der Waals surface area contributed by atoms with Crippen molar-refractivity contribution < 1.29 is 22.2 Å². The Hall–Kier alpha value is -1.37. The van der Waals surface area contributed by atoms with Crippen LogP contribution in [0.25, 0.3) is 0 Å². The lowest BCUT2D eigenvalue weighted by molar-refractivity contribution is -0.137. The van der Waals surface area contributed by atoms with Gasteiger partial charge in [0.1, 0.15) is 11.8 Å². The maximum Gasteiger partial charge on any atom is 0.405 e. The molecule has 0 aliphatic carbocycles. The lowest BCUT2D eigenvalue weighted by atomic mass is 10.1. The zero-order valence-electron chi connectivity index (χ0n) is 12.1. The van der Waals surface area contributed by atoms with Crippen molar-refractivity contribution in [2.45, 2.75) is 38.0 Å². The van der Waals surface area contributed by atoms with E-state index in [1.165, 1.54) is 6.92 Å². The monoisotopic (exact) mass is 321 g/mol. The van der Waals surface area contributed by atoms with Crippen LogP contribution in [0.2, 0.25) is 0 Å². The summed E-state index contributed by atoms with van der Waals surface area (Å²) in [6, 6.07) is 5.56. The number of halogens is 3. The van der Waals surface area contributed by atoms with Crippen LogP contribution in [0.3, 0.4) is 0 Å². The van der Waals surface area contributed by atoms with Crippen molar-refractivity contribution in [2.24, 2.45) is 0 Å². The summed E-state index contributed by atoms with van der Waals surface area (Å²) in [5, 5.41) is 0.761. The summed E-state index contributed by atoms with van der Waals surface area (Å²) in [7, 11) is -1.57. The van der Waals surface area contributed by atoms with Crippen LogP contribution >= 0.6 is 0 Å². The summed E-state index contributed by atoms with van der Waals surface area (Å²) >= 11 is 0. The minimum atomic E-state index is -4.47. The van der Waals surface area contributed by atoms with Crippen LogP contribution in [0, 0.1) is 13.8 Å². The van der Waals surface area contributed by atoms with Gasteiger partial charge in [0.25, 0.3) is 0 Å². The number of hydrogen-bond acceptors (Lipinski definition) is 2. The summed E-state index contributed by atoms with van der Waals surface area (Å²) < 4.78 is 48.1. The van der Waals surface area contributed by atoms with Crippen molar-refractivity contribution in [3.63, 3.8) is 0 Å². The lowest BCUT2D eigenvalue weighted by Crippen LogP contribution is -2.40. The molecule has 1 rings (SSSR count). The summed E-state index contributed by atoms with van der Waals surface area (Å²) in [5.41, 5.74) is 2.94. The third-order valence-electron chi connectivity index (χ3n) is 3.11. The fourth-order valence-corrected chi connectivity index (χ4v) is 2.71. The summed E-state index contributed by atoms with van der Waals surface area (Å²) in [4.78, 5) is 11.5. The molecule has 0 radical (unpaired) electrons. The molecule has 0 saturated heterocycles. The Morgan fingerprint density at radius 2 is 1.90 bits per heavy atom. The molecule has 3 nitrogen and oxygen atoms in total. The molecule has 0 aromatic heterocycles. The first-order chi connectivity index (χ1) is 9.60. The Labute approximate surface area is 124 Å². The quantitative estimate of drug-likeness (QED) is 0.906. The van der Waals surface area contributed by atoms with Gasteiger partial charge in [-0.05, 0) is 37.5 Å². The Morgan fingerprint density at radius 3 is 2.43 bits per heavy atom. The molecule has 1 aromatic rings. The van der Waals surface area contributed by atoms with Crippen molar-refractivity contribution in [1.29, 1.82) is 0 Å². The number of nitrogens with one attached hydrogen (secondary N) is 1. The van der Waals surface area contributed by atoms with Crippen LogP contribution in [-0.4, -0.2) is 28.1 Å². The average molecular weight is 321 g/mol. The molecule has 0 unspecified atom stereocenters. The topological polar surface area (TPSA) is 46.2 Å². The zero-order valence-corrected chi connectivity index (χ0v) is 12.9. The van der Waals surface area contributed by atoms with Crippen molar-refractivity contribution in [3.8, 4) is 0 Å². The van der Waals surface area contributed by atoms with Crippen molar-refractivity contribution in [1.82, 2.24) is 5.32 Å². The molecule has 0 aliphatic heterocycles. The van der Waals surface area contributed by atoms with Crippen molar-refractivity contribution in [2.75, 3.05) is 6.54 Å². The van der Waals surface area contributed by atoms with Gasteiger partial charge in [0.15, 0.2) is 0 Å². The third-order valence-corrected chi connectivity index (χ3v) is 4.73. The number of rotatable bonds is 5. The summed E-state index contributed by atoms with van der Waals surface area (Å²) in [6.07, 6.45) is -4.47. The molecule has 1 amide bonds. The smallest absolute Gasteiger partial charge is 0.346 e. The van der Waals surface area contributed by atoms with Crippen molar-refractivity contribution >= 4 is 16.7 Å². The molecular formula is C14H18F3NO2S. The second-order valence-corrected chi connectivity index (χ2v) is 6.68. The second kappa shape index (κ2) is 7.06. The molecule has 118 valence electrons. The molecule has 7 heteroatoms. The molecule has 1 aromatic carbocycles. The van der Waals surface area contributed by atoms with E-state index < -0.39 is 34.7 Å². The van der Waals surface area contributed by atoms with E-state index >= 15 is 0 Å². The van der Waals surface area contributed by atoms with Gasteiger partial charge in [-0.3, -0.25) is 9.00 Å². The van der Waals surface area contributed by atoms with Crippen LogP contribution in [0.1, 0.15) is 23.6 Å². The molecule has 1 N–H and O–H groups in total. The van der Waals surface area contributed by atoms with Crippen LogP contribution in [0.4, 0.5) is 13.2 Å². The van der Waals surface area contributed by atoms with E-state index in [-0.39, 0.29) is 5.75 Å². The Balaban J connectivity index is 2.61. The maximum atomic E-state index is 12.0. The second-order valence-electron chi connectivity index (χ2n) is 4.92. The number of aryl methyl sites for hydroxylation is 2. The molecule has 0 bridgehead atoms. The molecule has 0 fully saturated rings. The zero-order chi connectivity index (χ0) is 16.2. The van der Waals surface area contributed by atoms with Crippen LogP contribution in [0.5, 0.6) is 0 Å². The predicted octanol–water partition coefficient (Wildman–Crippen LogP) is 2.62. The normalized spacial score (nSPS) is 14.6. The molecule has 0 saturated carbocycles. The first-order valence-corrected chi connectivity index (χ1v) is 7.76. The van der Waals surface area contributed by atoms with E-state index in [9.17, 15) is 22.2 Å². The third kappa shape index (κ3) is 5.87. The van der Waals surface area contributed by atoms with Gasteiger partial charge in [0, 0.05) is 16.6 Å². The molecular weight excluding hydrogens is 303 g/mol. The highest BCUT2D eigenvalue weighted by Crippen LogP contribution is 2.14. The van der Waals surface area contributed by atoms with Gasteiger partial charge >= 0.3 is 6.18 Å². The number of amides is 1. The van der Waals surface area contributed by atoms with Gasteiger partial charge in [-0.25, -0.2) is 0 Å². The number of carbonyl (C=O) groups excluding carboxylic acids is 1. The van der Waals surface area contributed by atoms with Gasteiger partial charge < -0.3 is 5.32 Å². The highest BCUT2D eigenvalue weighted by molar-refractivity contribution is 7.85. The Kier molecular flexibility index (Phi) is 5.95. The van der Waals surface area contributed by atoms with E-state index in [0.717, 1.165) is 16.7 Å². The highest BCUT2D eigenvalue weighted by Gasteiger charge is 2.29. The maximum absolute atomic E-state index is 12.0. The SMILES string of the molecule is Cc1ccc(C[S@@](=O)[C@H](C)C(=O)NCC(F)(F)F)cc1C. The first kappa shape index (κ1) is 17.7. The van der Waals surface area contributed by atoms with E-state index in [0.29, 0.717) is 0 Å². The highest BCUT2D eigenvalue weighted by atomic mass is 32.2. The van der Waals surface area contributed by atoms with E-state index in [1.807, 2.05) is 26.0 Å². The molecule has 0 heterocycles. The van der Waals surface area contributed by atoms with Gasteiger partial charge in [0.2, 0.25) is 5.91 Å². The average Bonchev–Trinajstić information content (AvgIpc) is 2.38. The Bertz CT molecular complexity index is 544. The van der Waals surface area contributed by atoms with Gasteiger partial charge in [0.05, 0.1) is 0 Å². The minimum absolute atomic E-state index is 0.141. The number of benzene rings is 1. The molecule has 0 aliphatic rings. The minimum Gasteiger partial charge on any atom is -0.346 e. The van der Waals surface area contributed by atoms with Crippen LogP contribution in [0.15, 0.2) is 18.2 Å². The number of alkyl halides is 3. The fraction of sp³-hybridized carbons (Fsp3) is 0.500. The predicted molar refractivity (Wildman–Crippen MR) is 76.3 cm³/mol. The van der Waals surface area contributed by atoms with E-state index in [4.69, 9.17) is 0 Å². The van der Waals surface area contributed by atoms with Crippen LogP contribution in [-0.2, 0) is 21.3 Å². The summed E-state index contributed by atoms with van der Waals surface area (Å²) in [5.74, 6) is -0.712. The number of carbonyl (C=O) groups is 1. The van der Waals surface area contributed by atoms with Gasteiger partial charge in [-0.15, -0.1) is 0 Å². The molecule has 2 atom stereocenters. The largest absolute Gasteiger partial charge is 0.405 e. The standard InChI is InChI=1S/C14H18F3NO2S/c1-9-4-5-12(6-10(9)2)7-21(20)11(3)13(19)18-8-14(15,16)17/h4-6,11H,7-8H2,1-3H3,(H,18,19)/t11-,21-/m1/s1. The van der Waals surface area contributed by atoms with Crippen molar-refractivity contribution in [3.05, 3.63) is 34.9 Å². The number of hydrogen-bond donors (Lipinski definition) is 1. The first-order valence-electron chi connectivity index (χ1n) is 6.38. The van der Waals surface area contributed by atoms with E-state index in [2.05, 4.69) is 0 Å². The summed E-state index contributed by atoms with van der Waals surface area (Å²) in [6.45, 7) is 3.82.